The Morgan fingerprint density at radius 3 is 2.35 bits per heavy atom. The van der Waals surface area contributed by atoms with Gasteiger partial charge in [0.15, 0.2) is 5.78 Å². The van der Waals surface area contributed by atoms with Gasteiger partial charge in [-0.15, -0.1) is 0 Å². The topological polar surface area (TPSA) is 37.3 Å². The van der Waals surface area contributed by atoms with Crippen LogP contribution in [0.2, 0.25) is 0 Å². The van der Waals surface area contributed by atoms with Gasteiger partial charge < -0.3 is 5.11 Å². The van der Waals surface area contributed by atoms with Crippen molar-refractivity contribution < 1.29 is 14.3 Å². The summed E-state index contributed by atoms with van der Waals surface area (Å²) in [6.45, 7) is 9.56. The van der Waals surface area contributed by atoms with Crippen molar-refractivity contribution in [2.75, 3.05) is 0 Å². The van der Waals surface area contributed by atoms with Gasteiger partial charge in [0.2, 0.25) is 0 Å². The van der Waals surface area contributed by atoms with Crippen molar-refractivity contribution in [2.24, 2.45) is 0 Å². The molecule has 23 heavy (non-hydrogen) atoms. The Hall–Kier alpha value is -1.73. The summed E-state index contributed by atoms with van der Waals surface area (Å²) in [4.78, 5) is 11.8. The zero-order valence-electron chi connectivity index (χ0n) is 14.1. The number of rotatable bonds is 3. The van der Waals surface area contributed by atoms with Gasteiger partial charge in [0.05, 0.1) is 0 Å². The van der Waals surface area contributed by atoms with Crippen molar-refractivity contribution >= 4 is 25.0 Å². The third kappa shape index (κ3) is 3.97. The number of aromatic hydroxyl groups is 1. The largest absolute Gasteiger partial charge is 0.507 e. The second-order valence-electron chi connectivity index (χ2n) is 6.83. The van der Waals surface area contributed by atoms with Crippen LogP contribution in [0.5, 0.6) is 5.75 Å². The number of phenols is 1. The Bertz CT molecular complexity index is 761. The molecule has 0 heterocycles. The summed E-state index contributed by atoms with van der Waals surface area (Å²) in [5, 5.41) is 12.2. The standard InChI is InChI=1S/C19H22FO2P/c1-11-8-15(19(3,4)5)18(22)17(9-11)23-16-7-6-13(20)10-14(16)12(2)21/h6-10,22-23H,1-5H3. The van der Waals surface area contributed by atoms with Crippen LogP contribution < -0.4 is 10.6 Å². The van der Waals surface area contributed by atoms with Gasteiger partial charge in [-0.3, -0.25) is 4.79 Å². The van der Waals surface area contributed by atoms with Crippen molar-refractivity contribution in [1.82, 2.24) is 0 Å². The maximum absolute atomic E-state index is 13.4. The summed E-state index contributed by atoms with van der Waals surface area (Å²) in [6.07, 6.45) is 0. The average Bonchev–Trinajstić information content (AvgIpc) is 2.42. The van der Waals surface area contributed by atoms with Crippen LogP contribution in [0.25, 0.3) is 0 Å². The minimum Gasteiger partial charge on any atom is -0.507 e. The van der Waals surface area contributed by atoms with Crippen molar-refractivity contribution in [3.8, 4) is 5.75 Å². The molecule has 0 aliphatic rings. The Balaban J connectivity index is 2.54. The molecule has 0 saturated carbocycles. The normalized spacial score (nSPS) is 12.1. The molecule has 4 heteroatoms. The highest BCUT2D eigenvalue weighted by Gasteiger charge is 2.21. The zero-order valence-corrected chi connectivity index (χ0v) is 15.1. The summed E-state index contributed by atoms with van der Waals surface area (Å²) < 4.78 is 13.4. The van der Waals surface area contributed by atoms with Crippen LogP contribution in [0.3, 0.4) is 0 Å². The number of phenolic OH excluding ortho intramolecular Hbond substituents is 1. The predicted octanol–water partition coefficient (Wildman–Crippen LogP) is 3.97. The fraction of sp³-hybridized carbons (Fsp3) is 0.316. The van der Waals surface area contributed by atoms with Crippen molar-refractivity contribution in [1.29, 1.82) is 0 Å². The molecule has 0 aliphatic carbocycles. The first-order valence-corrected chi connectivity index (χ1v) is 8.51. The van der Waals surface area contributed by atoms with Gasteiger partial charge in [-0.05, 0) is 48.3 Å². The summed E-state index contributed by atoms with van der Waals surface area (Å²) in [5.41, 5.74) is 2.14. The van der Waals surface area contributed by atoms with Gasteiger partial charge in [-0.2, -0.15) is 0 Å². The lowest BCUT2D eigenvalue weighted by Gasteiger charge is -2.23. The lowest BCUT2D eigenvalue weighted by Crippen LogP contribution is -2.18. The van der Waals surface area contributed by atoms with Crippen molar-refractivity contribution in [3.63, 3.8) is 0 Å². The predicted molar refractivity (Wildman–Crippen MR) is 95.5 cm³/mol. The smallest absolute Gasteiger partial charge is 0.160 e. The highest BCUT2D eigenvalue weighted by Crippen LogP contribution is 2.33. The van der Waals surface area contributed by atoms with Crippen LogP contribution in [0.1, 0.15) is 49.2 Å². The number of carbonyl (C=O) groups excluding carboxylic acids is 1. The van der Waals surface area contributed by atoms with E-state index < -0.39 is 5.82 Å². The average molecular weight is 332 g/mol. The molecule has 0 spiro atoms. The highest BCUT2D eigenvalue weighted by molar-refractivity contribution is 7.56. The third-order valence-electron chi connectivity index (χ3n) is 3.69. The molecular weight excluding hydrogens is 310 g/mol. The van der Waals surface area contributed by atoms with Crippen LogP contribution in [-0.4, -0.2) is 10.9 Å². The van der Waals surface area contributed by atoms with Gasteiger partial charge in [-0.1, -0.05) is 41.5 Å². The molecule has 2 aromatic rings. The maximum Gasteiger partial charge on any atom is 0.160 e. The molecule has 0 fully saturated rings. The Labute approximate surface area is 138 Å². The van der Waals surface area contributed by atoms with E-state index in [2.05, 4.69) is 0 Å². The van der Waals surface area contributed by atoms with Crippen molar-refractivity contribution in [3.05, 3.63) is 52.8 Å². The molecule has 0 aromatic heterocycles. The van der Waals surface area contributed by atoms with Gasteiger partial charge in [-0.25, -0.2) is 4.39 Å². The zero-order chi connectivity index (χ0) is 17.4. The lowest BCUT2D eigenvalue weighted by atomic mass is 9.85. The van der Waals surface area contributed by atoms with Crippen molar-refractivity contribution in [2.45, 2.75) is 40.0 Å². The number of aryl methyl sites for hydroxylation is 1. The Kier molecular flexibility index (Phi) is 4.91. The number of hydrogen-bond acceptors (Lipinski definition) is 2. The second kappa shape index (κ2) is 6.41. The van der Waals surface area contributed by atoms with E-state index in [0.717, 1.165) is 21.7 Å². The molecule has 0 aliphatic heterocycles. The molecule has 2 nitrogen and oxygen atoms in total. The first-order chi connectivity index (χ1) is 10.6. The maximum atomic E-state index is 13.4. The number of halogens is 1. The van der Waals surface area contributed by atoms with Crippen LogP contribution in [-0.2, 0) is 5.41 Å². The molecule has 2 aromatic carbocycles. The number of benzene rings is 2. The highest BCUT2D eigenvalue weighted by atomic mass is 31.1. The Morgan fingerprint density at radius 2 is 1.78 bits per heavy atom. The molecule has 2 rings (SSSR count). The molecule has 122 valence electrons. The van der Waals surface area contributed by atoms with E-state index in [-0.39, 0.29) is 25.5 Å². The van der Waals surface area contributed by atoms with E-state index in [1.54, 1.807) is 6.07 Å². The minimum absolute atomic E-state index is 0.0979. The van der Waals surface area contributed by atoms with E-state index in [1.165, 1.54) is 19.1 Å². The van der Waals surface area contributed by atoms with Gasteiger partial charge >= 0.3 is 0 Å². The van der Waals surface area contributed by atoms with E-state index in [9.17, 15) is 14.3 Å². The Morgan fingerprint density at radius 1 is 1.13 bits per heavy atom. The fourth-order valence-corrected chi connectivity index (χ4v) is 3.90. The molecular formula is C19H22FO2P. The number of hydrogen-bond donors (Lipinski definition) is 1. The fourth-order valence-electron chi connectivity index (χ4n) is 2.51. The third-order valence-corrected chi connectivity index (χ3v) is 5.05. The summed E-state index contributed by atoms with van der Waals surface area (Å²) >= 11 is 0. The van der Waals surface area contributed by atoms with E-state index in [4.69, 9.17) is 0 Å². The van der Waals surface area contributed by atoms with Crippen LogP contribution >= 0.6 is 8.58 Å². The minimum atomic E-state index is -0.424. The second-order valence-corrected chi connectivity index (χ2v) is 8.16. The lowest BCUT2D eigenvalue weighted by molar-refractivity contribution is 0.101. The quantitative estimate of drug-likeness (QED) is 0.682. The van der Waals surface area contributed by atoms with Crippen LogP contribution in [0, 0.1) is 12.7 Å². The molecule has 0 bridgehead atoms. The molecule has 0 amide bonds. The number of carbonyl (C=O) groups is 1. The SMILES string of the molecule is CC(=O)c1cc(F)ccc1Pc1cc(C)cc(C(C)(C)C)c1O. The van der Waals surface area contributed by atoms with E-state index in [1.807, 2.05) is 39.8 Å². The molecule has 1 atom stereocenters. The van der Waals surface area contributed by atoms with Gasteiger partial charge in [0.1, 0.15) is 11.6 Å². The summed E-state index contributed by atoms with van der Waals surface area (Å²) in [5.74, 6) is -0.331. The molecule has 0 radical (unpaired) electrons. The van der Waals surface area contributed by atoms with Gasteiger partial charge in [0.25, 0.3) is 0 Å². The number of ketones is 1. The molecule has 0 saturated heterocycles. The van der Waals surface area contributed by atoms with E-state index >= 15 is 0 Å². The van der Waals surface area contributed by atoms with Crippen LogP contribution in [0.15, 0.2) is 30.3 Å². The van der Waals surface area contributed by atoms with Gasteiger partial charge in [0, 0.05) is 16.4 Å². The summed E-state index contributed by atoms with van der Waals surface area (Å²) in [7, 11) is 0.0979. The molecule has 1 N–H and O–H groups in total. The van der Waals surface area contributed by atoms with Crippen LogP contribution in [0.4, 0.5) is 4.39 Å². The monoisotopic (exact) mass is 332 g/mol. The number of Topliss-reactive ketones (excluding diaryl/α,β-unsaturated/α-hetero) is 1. The molecule has 1 unspecified atom stereocenters. The van der Waals surface area contributed by atoms with E-state index in [0.29, 0.717) is 5.56 Å². The first-order valence-electron chi connectivity index (χ1n) is 7.51. The summed E-state index contributed by atoms with van der Waals surface area (Å²) in [6, 6.07) is 8.16. The first kappa shape index (κ1) is 17.6.